The molecule has 0 radical (unpaired) electrons. The fraction of sp³-hybridized carbons (Fsp3) is 0.526. The van der Waals surface area contributed by atoms with Crippen molar-refractivity contribution in [3.05, 3.63) is 35.9 Å². The Morgan fingerprint density at radius 2 is 1.85 bits per heavy atom. The van der Waals surface area contributed by atoms with Crippen LogP contribution < -0.4 is 10.6 Å². The summed E-state index contributed by atoms with van der Waals surface area (Å²) < 4.78 is 5.16. The molecule has 0 fully saturated rings. The summed E-state index contributed by atoms with van der Waals surface area (Å²) in [6.07, 6.45) is 2.16. The second kappa shape index (κ2) is 12.2. The maximum absolute atomic E-state index is 12.5. The van der Waals surface area contributed by atoms with E-state index in [4.69, 9.17) is 4.74 Å². The molecule has 2 amide bonds. The molecule has 1 aromatic carbocycles. The highest BCUT2D eigenvalue weighted by Crippen LogP contribution is 2.10. The van der Waals surface area contributed by atoms with Crippen molar-refractivity contribution >= 4 is 29.7 Å². The molecule has 1 aromatic rings. The van der Waals surface area contributed by atoms with E-state index in [1.807, 2.05) is 43.5 Å². The van der Waals surface area contributed by atoms with Gasteiger partial charge in [0.25, 0.3) is 0 Å². The molecular formula is C19H28N2O5S. The van der Waals surface area contributed by atoms with Gasteiger partial charge in [-0.3, -0.25) is 4.79 Å². The Morgan fingerprint density at radius 3 is 2.41 bits per heavy atom. The number of carbonyl (C=O) groups is 3. The summed E-state index contributed by atoms with van der Waals surface area (Å²) in [5.74, 6) is -1.20. The van der Waals surface area contributed by atoms with E-state index in [1.54, 1.807) is 6.92 Å². The van der Waals surface area contributed by atoms with Gasteiger partial charge in [0.05, 0.1) is 0 Å². The van der Waals surface area contributed by atoms with Crippen LogP contribution in [0, 0.1) is 5.92 Å². The minimum atomic E-state index is -1.09. The standard InChI is InChI=1S/C19H28N2O5S/c1-4-13(2)16(18(23)24)21-17(22)15(10-11-27-3)20-19(25)26-12-14-8-6-5-7-9-14/h5-9,13,15-16H,4,10-12H2,1-3H3,(H,20,25)(H,21,22)(H,23,24). The molecule has 0 saturated carbocycles. The van der Waals surface area contributed by atoms with Crippen LogP contribution in [0.15, 0.2) is 30.3 Å². The number of hydrogen-bond acceptors (Lipinski definition) is 5. The summed E-state index contributed by atoms with van der Waals surface area (Å²) in [7, 11) is 0. The molecule has 0 aliphatic heterocycles. The van der Waals surface area contributed by atoms with Crippen molar-refractivity contribution in [1.29, 1.82) is 0 Å². The molecule has 27 heavy (non-hydrogen) atoms. The van der Waals surface area contributed by atoms with Crippen LogP contribution in [0.2, 0.25) is 0 Å². The molecule has 0 heterocycles. The van der Waals surface area contributed by atoms with Crippen molar-refractivity contribution in [2.24, 2.45) is 5.92 Å². The summed E-state index contributed by atoms with van der Waals surface area (Å²) in [4.78, 5) is 36.0. The van der Waals surface area contributed by atoms with Crippen LogP contribution in [-0.2, 0) is 20.9 Å². The van der Waals surface area contributed by atoms with E-state index in [-0.39, 0.29) is 12.5 Å². The van der Waals surface area contributed by atoms with Crippen molar-refractivity contribution in [3.8, 4) is 0 Å². The van der Waals surface area contributed by atoms with E-state index < -0.39 is 30.1 Å². The van der Waals surface area contributed by atoms with Gasteiger partial charge in [-0.05, 0) is 29.9 Å². The van der Waals surface area contributed by atoms with Gasteiger partial charge in [0.1, 0.15) is 18.7 Å². The van der Waals surface area contributed by atoms with E-state index in [1.165, 1.54) is 11.8 Å². The van der Waals surface area contributed by atoms with E-state index in [0.717, 1.165) is 5.56 Å². The predicted molar refractivity (Wildman–Crippen MR) is 106 cm³/mol. The number of ether oxygens (including phenoxy) is 1. The Kier molecular flexibility index (Phi) is 10.3. The molecule has 0 spiro atoms. The lowest BCUT2D eigenvalue weighted by Crippen LogP contribution is -2.53. The fourth-order valence-corrected chi connectivity index (χ4v) is 2.82. The first-order chi connectivity index (χ1) is 12.9. The zero-order valence-corrected chi connectivity index (χ0v) is 16.8. The lowest BCUT2D eigenvalue weighted by atomic mass is 9.99. The predicted octanol–water partition coefficient (Wildman–Crippen LogP) is 2.65. The molecule has 3 N–H and O–H groups in total. The van der Waals surface area contributed by atoms with E-state index >= 15 is 0 Å². The van der Waals surface area contributed by atoms with Gasteiger partial charge in [0, 0.05) is 0 Å². The number of carbonyl (C=O) groups excluding carboxylic acids is 2. The molecule has 0 aliphatic rings. The number of benzene rings is 1. The van der Waals surface area contributed by atoms with Crippen LogP contribution in [0.4, 0.5) is 4.79 Å². The van der Waals surface area contributed by atoms with Crippen molar-refractivity contribution in [2.45, 2.75) is 45.4 Å². The molecule has 3 atom stereocenters. The summed E-state index contributed by atoms with van der Waals surface area (Å²) in [6.45, 7) is 3.71. The Morgan fingerprint density at radius 1 is 1.19 bits per heavy atom. The van der Waals surface area contributed by atoms with Gasteiger partial charge in [-0.25, -0.2) is 9.59 Å². The minimum absolute atomic E-state index is 0.0914. The molecule has 8 heteroatoms. The third-order valence-corrected chi connectivity index (χ3v) is 4.85. The van der Waals surface area contributed by atoms with Crippen LogP contribution in [-0.4, -0.2) is 47.2 Å². The second-order valence-corrected chi connectivity index (χ2v) is 7.24. The van der Waals surface area contributed by atoms with E-state index in [2.05, 4.69) is 10.6 Å². The monoisotopic (exact) mass is 396 g/mol. The lowest BCUT2D eigenvalue weighted by molar-refractivity contribution is -0.143. The Labute approximate surface area is 164 Å². The smallest absolute Gasteiger partial charge is 0.408 e. The summed E-state index contributed by atoms with van der Waals surface area (Å²) in [5, 5.41) is 14.4. The first-order valence-electron chi connectivity index (χ1n) is 8.88. The summed E-state index contributed by atoms with van der Waals surface area (Å²) in [6, 6.07) is 7.35. The molecule has 7 nitrogen and oxygen atoms in total. The molecule has 150 valence electrons. The average molecular weight is 397 g/mol. The van der Waals surface area contributed by atoms with Gasteiger partial charge in [0.15, 0.2) is 0 Å². The highest BCUT2D eigenvalue weighted by atomic mass is 32.2. The minimum Gasteiger partial charge on any atom is -0.480 e. The van der Waals surface area contributed by atoms with Crippen LogP contribution >= 0.6 is 11.8 Å². The Balaban J connectivity index is 2.68. The number of alkyl carbamates (subject to hydrolysis) is 1. The lowest BCUT2D eigenvalue weighted by Gasteiger charge is -2.24. The van der Waals surface area contributed by atoms with E-state index in [0.29, 0.717) is 18.6 Å². The normalized spacial score (nSPS) is 13.9. The van der Waals surface area contributed by atoms with Crippen LogP contribution in [0.5, 0.6) is 0 Å². The average Bonchev–Trinajstić information content (AvgIpc) is 2.67. The third-order valence-electron chi connectivity index (χ3n) is 4.21. The quantitative estimate of drug-likeness (QED) is 0.531. The van der Waals surface area contributed by atoms with Crippen LogP contribution in [0.25, 0.3) is 0 Å². The maximum Gasteiger partial charge on any atom is 0.408 e. The van der Waals surface area contributed by atoms with Crippen molar-refractivity contribution in [3.63, 3.8) is 0 Å². The number of rotatable bonds is 11. The molecule has 0 saturated heterocycles. The molecule has 0 aromatic heterocycles. The van der Waals surface area contributed by atoms with Crippen molar-refractivity contribution in [2.75, 3.05) is 12.0 Å². The van der Waals surface area contributed by atoms with Crippen LogP contribution in [0.1, 0.15) is 32.3 Å². The first kappa shape index (κ1) is 22.8. The fourth-order valence-electron chi connectivity index (χ4n) is 2.35. The first-order valence-corrected chi connectivity index (χ1v) is 10.3. The number of aliphatic carboxylic acids is 1. The molecular weight excluding hydrogens is 368 g/mol. The number of nitrogens with one attached hydrogen (secondary N) is 2. The van der Waals surface area contributed by atoms with Gasteiger partial charge in [-0.2, -0.15) is 11.8 Å². The SMILES string of the molecule is CCC(C)C(NC(=O)C(CCSC)NC(=O)OCc1ccccc1)C(=O)O. The highest BCUT2D eigenvalue weighted by molar-refractivity contribution is 7.98. The second-order valence-electron chi connectivity index (χ2n) is 6.25. The van der Waals surface area contributed by atoms with Gasteiger partial charge < -0.3 is 20.5 Å². The van der Waals surface area contributed by atoms with Crippen LogP contribution in [0.3, 0.4) is 0 Å². The Bertz CT molecular complexity index is 611. The highest BCUT2D eigenvalue weighted by Gasteiger charge is 2.29. The van der Waals surface area contributed by atoms with E-state index in [9.17, 15) is 19.5 Å². The molecule has 1 rings (SSSR count). The maximum atomic E-state index is 12.5. The molecule has 0 bridgehead atoms. The zero-order chi connectivity index (χ0) is 20.2. The third kappa shape index (κ3) is 8.34. The van der Waals surface area contributed by atoms with Gasteiger partial charge in [-0.15, -0.1) is 0 Å². The number of carboxylic acid groups (broad SMARTS) is 1. The number of amides is 2. The van der Waals surface area contributed by atoms with Crippen molar-refractivity contribution < 1.29 is 24.2 Å². The Hall–Kier alpha value is -2.22. The molecule has 0 aliphatic carbocycles. The van der Waals surface area contributed by atoms with Gasteiger partial charge >= 0.3 is 12.1 Å². The molecule has 3 unspecified atom stereocenters. The topological polar surface area (TPSA) is 105 Å². The van der Waals surface area contributed by atoms with Gasteiger partial charge in [0.2, 0.25) is 5.91 Å². The number of hydrogen-bond donors (Lipinski definition) is 3. The number of carboxylic acids is 1. The number of thioether (sulfide) groups is 1. The van der Waals surface area contributed by atoms with Gasteiger partial charge in [-0.1, -0.05) is 50.6 Å². The summed E-state index contributed by atoms with van der Waals surface area (Å²) in [5.41, 5.74) is 0.834. The largest absolute Gasteiger partial charge is 0.480 e. The summed E-state index contributed by atoms with van der Waals surface area (Å²) >= 11 is 1.53. The van der Waals surface area contributed by atoms with Crippen molar-refractivity contribution in [1.82, 2.24) is 10.6 Å². The zero-order valence-electron chi connectivity index (χ0n) is 15.9.